The zero-order valence-corrected chi connectivity index (χ0v) is 10.5. The highest BCUT2D eigenvalue weighted by Gasteiger charge is 2.16. The molecule has 4 heteroatoms. The minimum atomic E-state index is 0.233. The molecule has 0 fully saturated rings. The van der Waals surface area contributed by atoms with Crippen molar-refractivity contribution in [3.63, 3.8) is 0 Å². The van der Waals surface area contributed by atoms with Crippen LogP contribution in [0.2, 0.25) is 0 Å². The van der Waals surface area contributed by atoms with Crippen LogP contribution in [-0.2, 0) is 0 Å². The average Bonchev–Trinajstić information content (AvgIpc) is 2.73. The van der Waals surface area contributed by atoms with E-state index in [1.807, 2.05) is 32.4 Å². The van der Waals surface area contributed by atoms with Gasteiger partial charge in [-0.3, -0.25) is 0 Å². The van der Waals surface area contributed by atoms with E-state index in [4.69, 9.17) is 10.5 Å². The number of H-pyrrole nitrogens is 1. The summed E-state index contributed by atoms with van der Waals surface area (Å²) in [6, 6.07) is 6.29. The molecule has 0 aliphatic carbocycles. The van der Waals surface area contributed by atoms with E-state index >= 15 is 0 Å². The normalized spacial score (nSPS) is 13.2. The van der Waals surface area contributed by atoms with Gasteiger partial charge in [-0.2, -0.15) is 0 Å². The van der Waals surface area contributed by atoms with Gasteiger partial charge >= 0.3 is 0 Å². The van der Waals surface area contributed by atoms with E-state index in [0.717, 1.165) is 11.3 Å². The first kappa shape index (κ1) is 12.0. The predicted octanol–water partition coefficient (Wildman–Crippen LogP) is 1.74. The SMILES string of the molecule is COc1ccc2c(C(CN)N(C)C)c[nH]c2c1. The molecule has 3 N–H and O–H groups in total. The maximum atomic E-state index is 5.83. The van der Waals surface area contributed by atoms with Gasteiger partial charge in [0.25, 0.3) is 0 Å². The highest BCUT2D eigenvalue weighted by Crippen LogP contribution is 2.28. The molecular formula is C13H19N3O. The Morgan fingerprint density at radius 2 is 2.18 bits per heavy atom. The number of nitrogens with one attached hydrogen (secondary N) is 1. The number of ether oxygens (including phenoxy) is 1. The summed E-state index contributed by atoms with van der Waals surface area (Å²) in [4.78, 5) is 5.40. The van der Waals surface area contributed by atoms with Crippen LogP contribution < -0.4 is 10.5 Å². The van der Waals surface area contributed by atoms with Crippen LogP contribution in [0.5, 0.6) is 5.75 Å². The van der Waals surface area contributed by atoms with Gasteiger partial charge in [0.1, 0.15) is 5.75 Å². The fourth-order valence-corrected chi connectivity index (χ4v) is 2.15. The number of nitrogens with zero attached hydrogens (tertiary/aromatic N) is 1. The standard InChI is InChI=1S/C13H19N3O/c1-16(2)13(7-14)11-8-15-12-6-9(17-3)4-5-10(11)12/h4-6,8,13,15H,7,14H2,1-3H3. The summed E-state index contributed by atoms with van der Waals surface area (Å²) in [6.45, 7) is 0.603. The molecule has 0 saturated carbocycles. The zero-order chi connectivity index (χ0) is 12.4. The lowest BCUT2D eigenvalue weighted by Gasteiger charge is -2.22. The molecule has 0 saturated heterocycles. The lowest BCUT2D eigenvalue weighted by molar-refractivity contribution is 0.308. The maximum absolute atomic E-state index is 5.83. The molecule has 4 nitrogen and oxygen atoms in total. The number of rotatable bonds is 4. The molecule has 17 heavy (non-hydrogen) atoms. The average molecular weight is 233 g/mol. The van der Waals surface area contributed by atoms with Gasteiger partial charge in [-0.25, -0.2) is 0 Å². The van der Waals surface area contributed by atoms with Crippen LogP contribution in [0.4, 0.5) is 0 Å². The van der Waals surface area contributed by atoms with E-state index in [2.05, 4.69) is 16.0 Å². The molecule has 92 valence electrons. The minimum absolute atomic E-state index is 0.233. The molecule has 0 aliphatic rings. The molecule has 0 spiro atoms. The summed E-state index contributed by atoms with van der Waals surface area (Å²) >= 11 is 0. The Morgan fingerprint density at radius 1 is 1.41 bits per heavy atom. The van der Waals surface area contributed by atoms with E-state index in [1.54, 1.807) is 7.11 Å². The van der Waals surface area contributed by atoms with Crippen molar-refractivity contribution in [2.75, 3.05) is 27.7 Å². The summed E-state index contributed by atoms with van der Waals surface area (Å²) in [5, 5.41) is 1.20. The summed E-state index contributed by atoms with van der Waals surface area (Å²) in [7, 11) is 5.76. The summed E-state index contributed by atoms with van der Waals surface area (Å²) < 4.78 is 5.21. The second-order valence-corrected chi connectivity index (χ2v) is 4.37. The van der Waals surface area contributed by atoms with Gasteiger partial charge in [-0.05, 0) is 31.8 Å². The van der Waals surface area contributed by atoms with Crippen molar-refractivity contribution in [2.24, 2.45) is 5.73 Å². The van der Waals surface area contributed by atoms with Crippen LogP contribution in [-0.4, -0.2) is 37.6 Å². The van der Waals surface area contributed by atoms with Gasteiger partial charge in [0.15, 0.2) is 0 Å². The van der Waals surface area contributed by atoms with E-state index in [0.29, 0.717) is 6.54 Å². The molecule has 0 bridgehead atoms. The number of aromatic amines is 1. The smallest absolute Gasteiger partial charge is 0.120 e. The molecule has 2 rings (SSSR count). The molecule has 2 aromatic rings. The fourth-order valence-electron chi connectivity index (χ4n) is 2.15. The molecule has 1 unspecified atom stereocenters. The number of fused-ring (bicyclic) bond motifs is 1. The maximum Gasteiger partial charge on any atom is 0.120 e. The second kappa shape index (κ2) is 4.77. The highest BCUT2D eigenvalue weighted by molar-refractivity contribution is 5.85. The molecular weight excluding hydrogens is 214 g/mol. The van der Waals surface area contributed by atoms with E-state index < -0.39 is 0 Å². The fraction of sp³-hybridized carbons (Fsp3) is 0.385. The third kappa shape index (κ3) is 2.14. The molecule has 0 aliphatic heterocycles. The number of methoxy groups -OCH3 is 1. The lowest BCUT2D eigenvalue weighted by atomic mass is 10.1. The largest absolute Gasteiger partial charge is 0.497 e. The number of hydrogen-bond acceptors (Lipinski definition) is 3. The van der Waals surface area contributed by atoms with Crippen LogP contribution >= 0.6 is 0 Å². The van der Waals surface area contributed by atoms with Crippen molar-refractivity contribution in [3.05, 3.63) is 30.0 Å². The van der Waals surface area contributed by atoms with Crippen LogP contribution in [0.25, 0.3) is 10.9 Å². The van der Waals surface area contributed by atoms with Crippen LogP contribution in [0.3, 0.4) is 0 Å². The zero-order valence-electron chi connectivity index (χ0n) is 10.5. The second-order valence-electron chi connectivity index (χ2n) is 4.37. The number of hydrogen-bond donors (Lipinski definition) is 2. The minimum Gasteiger partial charge on any atom is -0.497 e. The van der Waals surface area contributed by atoms with Crippen molar-refractivity contribution in [1.29, 1.82) is 0 Å². The van der Waals surface area contributed by atoms with Gasteiger partial charge in [0.05, 0.1) is 7.11 Å². The third-order valence-electron chi connectivity index (χ3n) is 3.13. The van der Waals surface area contributed by atoms with Gasteiger partial charge in [-0.15, -0.1) is 0 Å². The first-order valence-electron chi connectivity index (χ1n) is 5.69. The van der Waals surface area contributed by atoms with Gasteiger partial charge in [0, 0.05) is 35.8 Å². The first-order valence-corrected chi connectivity index (χ1v) is 5.69. The summed E-state index contributed by atoms with van der Waals surface area (Å²) in [5.41, 5.74) is 8.15. The van der Waals surface area contributed by atoms with Crippen molar-refractivity contribution in [2.45, 2.75) is 6.04 Å². The molecule has 1 atom stereocenters. The van der Waals surface area contributed by atoms with Crippen molar-refractivity contribution in [1.82, 2.24) is 9.88 Å². The topological polar surface area (TPSA) is 54.3 Å². The first-order chi connectivity index (χ1) is 8.17. The molecule has 1 aromatic heterocycles. The number of benzene rings is 1. The Bertz CT molecular complexity index is 504. The van der Waals surface area contributed by atoms with Crippen molar-refractivity contribution >= 4 is 10.9 Å². The number of aromatic nitrogens is 1. The van der Waals surface area contributed by atoms with E-state index in [-0.39, 0.29) is 6.04 Å². The Hall–Kier alpha value is -1.52. The van der Waals surface area contributed by atoms with E-state index in [1.165, 1.54) is 10.9 Å². The highest BCUT2D eigenvalue weighted by atomic mass is 16.5. The molecule has 0 amide bonds. The predicted molar refractivity (Wildman–Crippen MR) is 70.3 cm³/mol. The number of nitrogens with two attached hydrogens (primary N) is 1. The molecule has 0 radical (unpaired) electrons. The van der Waals surface area contributed by atoms with Gasteiger partial charge < -0.3 is 20.4 Å². The van der Waals surface area contributed by atoms with Crippen LogP contribution in [0, 0.1) is 0 Å². The van der Waals surface area contributed by atoms with Gasteiger partial charge in [-0.1, -0.05) is 0 Å². The number of likely N-dealkylation sites (N-methyl/N-ethyl adjacent to an activating group) is 1. The van der Waals surface area contributed by atoms with Crippen LogP contribution in [0.15, 0.2) is 24.4 Å². The van der Waals surface area contributed by atoms with Crippen LogP contribution in [0.1, 0.15) is 11.6 Å². The van der Waals surface area contributed by atoms with E-state index in [9.17, 15) is 0 Å². The summed E-state index contributed by atoms with van der Waals surface area (Å²) in [5.74, 6) is 0.861. The monoisotopic (exact) mass is 233 g/mol. The van der Waals surface area contributed by atoms with Gasteiger partial charge in [0.2, 0.25) is 0 Å². The Balaban J connectivity index is 2.49. The lowest BCUT2D eigenvalue weighted by Crippen LogP contribution is -2.26. The Kier molecular flexibility index (Phi) is 3.36. The summed E-state index contributed by atoms with van der Waals surface area (Å²) in [6.07, 6.45) is 2.03. The molecule has 1 aromatic carbocycles. The Morgan fingerprint density at radius 3 is 2.76 bits per heavy atom. The Labute approximate surface area is 101 Å². The quantitative estimate of drug-likeness (QED) is 0.845. The van der Waals surface area contributed by atoms with Crippen molar-refractivity contribution in [3.8, 4) is 5.75 Å². The third-order valence-corrected chi connectivity index (χ3v) is 3.13. The molecule has 1 heterocycles. The van der Waals surface area contributed by atoms with Crippen molar-refractivity contribution < 1.29 is 4.74 Å².